The van der Waals surface area contributed by atoms with Crippen molar-refractivity contribution in [3.05, 3.63) is 66.4 Å². The number of amides is 1. The van der Waals surface area contributed by atoms with Gasteiger partial charge in [0.2, 0.25) is 0 Å². The van der Waals surface area contributed by atoms with Gasteiger partial charge in [-0.2, -0.15) is 0 Å². The van der Waals surface area contributed by atoms with Gasteiger partial charge in [0.25, 0.3) is 5.91 Å². The predicted octanol–water partition coefficient (Wildman–Crippen LogP) is 3.54. The molecule has 0 atom stereocenters. The van der Waals surface area contributed by atoms with Crippen molar-refractivity contribution >= 4 is 16.8 Å². The molecule has 1 heterocycles. The van der Waals surface area contributed by atoms with Gasteiger partial charge in [0.05, 0.1) is 18.2 Å². The molecule has 4 heteroatoms. The first-order valence-corrected chi connectivity index (χ1v) is 6.97. The zero-order chi connectivity index (χ0) is 15.5. The minimum Gasteiger partial charge on any atom is -0.274 e. The van der Waals surface area contributed by atoms with E-state index in [-0.39, 0.29) is 5.91 Å². The van der Waals surface area contributed by atoms with Crippen LogP contribution in [0.3, 0.4) is 0 Å². The average molecular weight is 292 g/mol. The van der Waals surface area contributed by atoms with Crippen LogP contribution in [-0.4, -0.2) is 30.1 Å². The lowest BCUT2D eigenvalue weighted by Gasteiger charge is -2.17. The summed E-state index contributed by atoms with van der Waals surface area (Å²) in [4.78, 5) is 22.0. The third-order valence-electron chi connectivity index (χ3n) is 3.63. The number of hydroxylamine groups is 2. The minimum absolute atomic E-state index is 0.223. The van der Waals surface area contributed by atoms with Gasteiger partial charge in [-0.05, 0) is 11.6 Å². The van der Waals surface area contributed by atoms with Crippen LogP contribution >= 0.6 is 0 Å². The lowest BCUT2D eigenvalue weighted by atomic mass is 9.96. The van der Waals surface area contributed by atoms with Gasteiger partial charge >= 0.3 is 0 Å². The van der Waals surface area contributed by atoms with Crippen LogP contribution in [0, 0.1) is 0 Å². The van der Waals surface area contributed by atoms with Gasteiger partial charge in [0, 0.05) is 24.2 Å². The Labute approximate surface area is 128 Å². The van der Waals surface area contributed by atoms with Crippen LogP contribution in [0.4, 0.5) is 0 Å². The summed E-state index contributed by atoms with van der Waals surface area (Å²) in [5, 5.41) is 2.15. The zero-order valence-corrected chi connectivity index (χ0v) is 12.5. The molecule has 0 unspecified atom stereocenters. The molecule has 0 saturated carbocycles. The van der Waals surface area contributed by atoms with Crippen LogP contribution < -0.4 is 0 Å². The first-order valence-electron chi connectivity index (χ1n) is 6.97. The summed E-state index contributed by atoms with van der Waals surface area (Å²) in [7, 11) is 3.06. The maximum Gasteiger partial charge on any atom is 0.279 e. The zero-order valence-electron chi connectivity index (χ0n) is 12.5. The van der Waals surface area contributed by atoms with E-state index < -0.39 is 0 Å². The van der Waals surface area contributed by atoms with Crippen molar-refractivity contribution in [2.45, 2.75) is 0 Å². The molecule has 22 heavy (non-hydrogen) atoms. The second-order valence-electron chi connectivity index (χ2n) is 4.92. The van der Waals surface area contributed by atoms with Crippen LogP contribution in [0.15, 0.2) is 60.8 Å². The van der Waals surface area contributed by atoms with E-state index >= 15 is 0 Å². The maximum atomic E-state index is 12.6. The van der Waals surface area contributed by atoms with Crippen LogP contribution in [0.1, 0.15) is 10.4 Å². The molecule has 1 amide bonds. The molecule has 0 aliphatic rings. The number of fused-ring (bicyclic) bond motifs is 1. The number of aromatic nitrogens is 1. The SMILES string of the molecule is CON(C)C(=O)c1cnc2ccccc2c1-c1ccccc1. The fraction of sp³-hybridized carbons (Fsp3) is 0.111. The molecule has 3 aromatic rings. The monoisotopic (exact) mass is 292 g/mol. The molecule has 0 spiro atoms. The summed E-state index contributed by atoms with van der Waals surface area (Å²) in [5.74, 6) is -0.223. The van der Waals surface area contributed by atoms with Gasteiger partial charge in [0.15, 0.2) is 0 Å². The highest BCUT2D eigenvalue weighted by molar-refractivity contribution is 6.08. The number of carbonyl (C=O) groups is 1. The smallest absolute Gasteiger partial charge is 0.274 e. The van der Waals surface area contributed by atoms with Crippen LogP contribution in [0.5, 0.6) is 0 Å². The predicted molar refractivity (Wildman–Crippen MR) is 86.3 cm³/mol. The van der Waals surface area contributed by atoms with Crippen molar-refractivity contribution in [1.29, 1.82) is 0 Å². The van der Waals surface area contributed by atoms with Gasteiger partial charge in [-0.25, -0.2) is 5.06 Å². The fourth-order valence-corrected chi connectivity index (χ4v) is 2.47. The van der Waals surface area contributed by atoms with Crippen molar-refractivity contribution in [2.75, 3.05) is 14.2 Å². The highest BCUT2D eigenvalue weighted by Gasteiger charge is 2.19. The molecule has 3 rings (SSSR count). The molecule has 0 aliphatic heterocycles. The van der Waals surface area contributed by atoms with Gasteiger partial charge in [-0.3, -0.25) is 14.6 Å². The minimum atomic E-state index is -0.223. The Morgan fingerprint density at radius 2 is 1.73 bits per heavy atom. The number of pyridine rings is 1. The number of para-hydroxylation sites is 1. The molecule has 0 bridgehead atoms. The van der Waals surface area contributed by atoms with Crippen LogP contribution in [0.2, 0.25) is 0 Å². The van der Waals surface area contributed by atoms with Crippen LogP contribution in [-0.2, 0) is 4.84 Å². The highest BCUT2D eigenvalue weighted by atomic mass is 16.7. The molecule has 0 radical (unpaired) electrons. The molecule has 4 nitrogen and oxygen atoms in total. The van der Waals surface area contributed by atoms with Gasteiger partial charge in [0.1, 0.15) is 0 Å². The summed E-state index contributed by atoms with van der Waals surface area (Å²) >= 11 is 0. The summed E-state index contributed by atoms with van der Waals surface area (Å²) in [6.07, 6.45) is 1.61. The second kappa shape index (κ2) is 5.95. The van der Waals surface area contributed by atoms with E-state index in [1.165, 1.54) is 12.2 Å². The summed E-state index contributed by atoms with van der Waals surface area (Å²) < 4.78 is 0. The van der Waals surface area contributed by atoms with E-state index in [0.717, 1.165) is 22.0 Å². The standard InChI is InChI=1S/C18H16N2O2/c1-20(22-2)18(21)15-12-19-16-11-7-6-10-14(16)17(15)13-8-4-3-5-9-13/h3-12H,1-2H3. The summed E-state index contributed by atoms with van der Waals surface area (Å²) in [6.45, 7) is 0. The molecule has 0 N–H and O–H groups in total. The molecule has 1 aromatic heterocycles. The van der Waals surface area contributed by atoms with Crippen molar-refractivity contribution in [2.24, 2.45) is 0 Å². The summed E-state index contributed by atoms with van der Waals surface area (Å²) in [5.41, 5.74) is 3.24. The van der Waals surface area contributed by atoms with Crippen molar-refractivity contribution in [3.63, 3.8) is 0 Å². The first kappa shape index (κ1) is 14.2. The van der Waals surface area contributed by atoms with Crippen LogP contribution in [0.25, 0.3) is 22.0 Å². The van der Waals surface area contributed by atoms with Crippen molar-refractivity contribution in [3.8, 4) is 11.1 Å². The van der Waals surface area contributed by atoms with E-state index in [1.807, 2.05) is 54.6 Å². The average Bonchev–Trinajstić information content (AvgIpc) is 2.60. The third-order valence-corrected chi connectivity index (χ3v) is 3.63. The molecular formula is C18H16N2O2. The Morgan fingerprint density at radius 3 is 2.45 bits per heavy atom. The molecular weight excluding hydrogens is 276 g/mol. The first-order chi connectivity index (χ1) is 10.7. The quantitative estimate of drug-likeness (QED) is 0.693. The third kappa shape index (κ3) is 2.44. The lowest BCUT2D eigenvalue weighted by molar-refractivity contribution is -0.0756. The van der Waals surface area contributed by atoms with Gasteiger partial charge in [-0.15, -0.1) is 0 Å². The number of carbonyl (C=O) groups excluding carboxylic acids is 1. The van der Waals surface area contributed by atoms with E-state index in [9.17, 15) is 4.79 Å². The van der Waals surface area contributed by atoms with E-state index in [2.05, 4.69) is 4.98 Å². The van der Waals surface area contributed by atoms with Crippen molar-refractivity contribution in [1.82, 2.24) is 10.0 Å². The number of hydrogen-bond acceptors (Lipinski definition) is 3. The summed E-state index contributed by atoms with van der Waals surface area (Å²) in [6, 6.07) is 17.7. The van der Waals surface area contributed by atoms with E-state index in [4.69, 9.17) is 4.84 Å². The number of rotatable bonds is 3. The van der Waals surface area contributed by atoms with Crippen molar-refractivity contribution < 1.29 is 9.63 Å². The molecule has 0 aliphatic carbocycles. The Hall–Kier alpha value is -2.72. The van der Waals surface area contributed by atoms with E-state index in [0.29, 0.717) is 5.56 Å². The largest absolute Gasteiger partial charge is 0.279 e. The topological polar surface area (TPSA) is 42.4 Å². The number of hydrogen-bond donors (Lipinski definition) is 0. The molecule has 2 aromatic carbocycles. The lowest BCUT2D eigenvalue weighted by Crippen LogP contribution is -2.26. The van der Waals surface area contributed by atoms with E-state index in [1.54, 1.807) is 13.2 Å². The second-order valence-corrected chi connectivity index (χ2v) is 4.92. The molecule has 110 valence electrons. The Balaban J connectivity index is 2.31. The molecule has 0 fully saturated rings. The van der Waals surface area contributed by atoms with Gasteiger partial charge in [-0.1, -0.05) is 48.5 Å². The Morgan fingerprint density at radius 1 is 1.05 bits per heavy atom. The number of benzene rings is 2. The number of nitrogens with zero attached hydrogens (tertiary/aromatic N) is 2. The molecule has 0 saturated heterocycles. The maximum absolute atomic E-state index is 12.6. The Bertz CT molecular complexity index is 816. The highest BCUT2D eigenvalue weighted by Crippen LogP contribution is 2.31. The van der Waals surface area contributed by atoms with Gasteiger partial charge < -0.3 is 0 Å². The fourth-order valence-electron chi connectivity index (χ4n) is 2.47. The Kier molecular flexibility index (Phi) is 3.85. The normalized spacial score (nSPS) is 10.6.